The van der Waals surface area contributed by atoms with Crippen LogP contribution in [0.15, 0.2) is 23.4 Å². The zero-order valence-electron chi connectivity index (χ0n) is 7.30. The van der Waals surface area contributed by atoms with E-state index in [0.29, 0.717) is 0 Å². The Balaban J connectivity index is 2.79. The van der Waals surface area contributed by atoms with E-state index in [0.717, 1.165) is 6.54 Å². The second-order valence-corrected chi connectivity index (χ2v) is 2.91. The molecule has 0 amide bonds. The molecule has 0 unspecified atom stereocenters. The van der Waals surface area contributed by atoms with Crippen LogP contribution in [0.3, 0.4) is 0 Å². The van der Waals surface area contributed by atoms with Gasteiger partial charge in [0.15, 0.2) is 0 Å². The number of nitrogens with zero attached hydrogens (tertiary/aromatic N) is 1. The zero-order valence-corrected chi connectivity index (χ0v) is 7.30. The predicted octanol–water partition coefficient (Wildman–Crippen LogP) is 1.81. The Morgan fingerprint density at radius 3 is 2.91 bits per heavy atom. The smallest absolute Gasteiger partial charge is 0.0341 e. The number of nitrogens with two attached hydrogens (primary N) is 1. The molecule has 2 nitrogen and oxygen atoms in total. The molecule has 0 aliphatic carbocycles. The molecule has 1 aliphatic heterocycles. The molecule has 0 radical (unpaired) electrons. The van der Waals surface area contributed by atoms with Crippen LogP contribution in [-0.2, 0) is 0 Å². The van der Waals surface area contributed by atoms with Crippen molar-refractivity contribution in [2.24, 2.45) is 5.84 Å². The molecule has 0 aromatic carbocycles. The Morgan fingerprint density at radius 1 is 1.55 bits per heavy atom. The molecule has 62 valence electrons. The van der Waals surface area contributed by atoms with Gasteiger partial charge >= 0.3 is 0 Å². The van der Waals surface area contributed by atoms with Crippen LogP contribution in [0.5, 0.6) is 0 Å². The van der Waals surface area contributed by atoms with Crippen molar-refractivity contribution in [3.63, 3.8) is 0 Å². The van der Waals surface area contributed by atoms with Crippen molar-refractivity contribution in [2.45, 2.75) is 26.7 Å². The first kappa shape index (κ1) is 8.34. The monoisotopic (exact) mass is 152 g/mol. The summed E-state index contributed by atoms with van der Waals surface area (Å²) in [5.41, 5.74) is 2.59. The third-order valence-corrected chi connectivity index (χ3v) is 2.11. The molecule has 2 heteroatoms. The first-order valence-corrected chi connectivity index (χ1v) is 4.10. The molecule has 11 heavy (non-hydrogen) atoms. The van der Waals surface area contributed by atoms with Gasteiger partial charge in [0.05, 0.1) is 0 Å². The fraction of sp³-hybridized carbons (Fsp3) is 0.556. The minimum absolute atomic E-state index is 0.993. The number of hydrazine groups is 1. The maximum atomic E-state index is 5.74. The van der Waals surface area contributed by atoms with Gasteiger partial charge in [0.25, 0.3) is 0 Å². The summed E-state index contributed by atoms with van der Waals surface area (Å²) in [7, 11) is 0. The van der Waals surface area contributed by atoms with Crippen molar-refractivity contribution in [2.75, 3.05) is 6.54 Å². The topological polar surface area (TPSA) is 29.3 Å². The largest absolute Gasteiger partial charge is 0.315 e. The van der Waals surface area contributed by atoms with Crippen LogP contribution >= 0.6 is 0 Å². The summed E-state index contributed by atoms with van der Waals surface area (Å²) in [5, 5.41) is 1.83. The molecule has 1 aliphatic rings. The van der Waals surface area contributed by atoms with Gasteiger partial charge in [-0.3, -0.25) is 0 Å². The van der Waals surface area contributed by atoms with E-state index in [-0.39, 0.29) is 0 Å². The first-order chi connectivity index (χ1) is 5.25. The highest BCUT2D eigenvalue weighted by Crippen LogP contribution is 2.19. The maximum Gasteiger partial charge on any atom is 0.0341 e. The van der Waals surface area contributed by atoms with E-state index in [1.54, 1.807) is 0 Å². The molecule has 2 N–H and O–H groups in total. The van der Waals surface area contributed by atoms with Gasteiger partial charge in [0, 0.05) is 12.2 Å². The Morgan fingerprint density at radius 2 is 2.27 bits per heavy atom. The lowest BCUT2D eigenvalue weighted by molar-refractivity contribution is 0.331. The van der Waals surface area contributed by atoms with Crippen molar-refractivity contribution in [1.29, 1.82) is 0 Å². The fourth-order valence-electron chi connectivity index (χ4n) is 1.38. The Kier molecular flexibility index (Phi) is 2.71. The average Bonchev–Trinajstić information content (AvgIpc) is 1.99. The van der Waals surface area contributed by atoms with Crippen molar-refractivity contribution < 1.29 is 0 Å². The van der Waals surface area contributed by atoms with Crippen LogP contribution in [0.25, 0.3) is 0 Å². The molecule has 0 aromatic rings. The number of allylic oxidation sites excluding steroid dienone is 4. The summed E-state index contributed by atoms with van der Waals surface area (Å²) in [6.45, 7) is 5.11. The molecule has 1 heterocycles. The average molecular weight is 152 g/mol. The standard InChI is InChI=1S/C9H16N2/c1-3-5-9-6-4-7-11(10)8(9)2/h3,5H,4,6-7,10H2,1-2H3/b5-3-. The van der Waals surface area contributed by atoms with Gasteiger partial charge in [-0.05, 0) is 32.3 Å². The maximum absolute atomic E-state index is 5.74. The van der Waals surface area contributed by atoms with E-state index in [2.05, 4.69) is 19.1 Å². The molecule has 0 fully saturated rings. The second kappa shape index (κ2) is 3.58. The van der Waals surface area contributed by atoms with E-state index in [4.69, 9.17) is 5.84 Å². The van der Waals surface area contributed by atoms with Gasteiger partial charge in [-0.25, -0.2) is 5.84 Å². The van der Waals surface area contributed by atoms with Crippen molar-refractivity contribution in [3.8, 4) is 0 Å². The zero-order chi connectivity index (χ0) is 8.27. The minimum atomic E-state index is 0.993. The normalized spacial score (nSPS) is 20.1. The molecular weight excluding hydrogens is 136 g/mol. The van der Waals surface area contributed by atoms with Gasteiger partial charge in [0.1, 0.15) is 0 Å². The van der Waals surface area contributed by atoms with Gasteiger partial charge in [-0.1, -0.05) is 12.2 Å². The molecule has 0 atom stereocenters. The Labute approximate surface area is 68.3 Å². The lowest BCUT2D eigenvalue weighted by Crippen LogP contribution is -2.33. The highest BCUT2D eigenvalue weighted by molar-refractivity contribution is 5.24. The van der Waals surface area contributed by atoms with Crippen LogP contribution < -0.4 is 5.84 Å². The van der Waals surface area contributed by atoms with Gasteiger partial charge < -0.3 is 5.01 Å². The lowest BCUT2D eigenvalue weighted by atomic mass is 10.0. The van der Waals surface area contributed by atoms with Crippen LogP contribution in [-0.4, -0.2) is 11.6 Å². The highest BCUT2D eigenvalue weighted by atomic mass is 15.4. The lowest BCUT2D eigenvalue weighted by Gasteiger charge is -2.26. The third kappa shape index (κ3) is 1.84. The van der Waals surface area contributed by atoms with E-state index in [9.17, 15) is 0 Å². The van der Waals surface area contributed by atoms with E-state index in [1.807, 2.05) is 11.9 Å². The summed E-state index contributed by atoms with van der Waals surface area (Å²) >= 11 is 0. The summed E-state index contributed by atoms with van der Waals surface area (Å²) in [6.07, 6.45) is 6.56. The summed E-state index contributed by atoms with van der Waals surface area (Å²) < 4.78 is 0. The Hall–Kier alpha value is -0.760. The highest BCUT2D eigenvalue weighted by Gasteiger charge is 2.10. The van der Waals surface area contributed by atoms with E-state index in [1.165, 1.54) is 24.1 Å². The molecule has 0 saturated carbocycles. The summed E-state index contributed by atoms with van der Waals surface area (Å²) in [6, 6.07) is 0. The molecule has 1 rings (SSSR count). The number of hydrogen-bond acceptors (Lipinski definition) is 2. The van der Waals surface area contributed by atoms with Crippen LogP contribution in [0.4, 0.5) is 0 Å². The Bertz CT molecular complexity index is 192. The van der Waals surface area contributed by atoms with Crippen LogP contribution in [0, 0.1) is 0 Å². The third-order valence-electron chi connectivity index (χ3n) is 2.11. The van der Waals surface area contributed by atoms with Crippen molar-refractivity contribution in [3.05, 3.63) is 23.4 Å². The molecule has 0 spiro atoms. The molecular formula is C9H16N2. The van der Waals surface area contributed by atoms with Crippen LogP contribution in [0.2, 0.25) is 0 Å². The van der Waals surface area contributed by atoms with Gasteiger partial charge in [-0.15, -0.1) is 0 Å². The van der Waals surface area contributed by atoms with E-state index >= 15 is 0 Å². The quantitative estimate of drug-likeness (QED) is 0.580. The summed E-state index contributed by atoms with van der Waals surface area (Å²) in [5.74, 6) is 5.74. The number of rotatable bonds is 1. The predicted molar refractivity (Wildman–Crippen MR) is 47.6 cm³/mol. The second-order valence-electron chi connectivity index (χ2n) is 2.91. The van der Waals surface area contributed by atoms with Gasteiger partial charge in [-0.2, -0.15) is 0 Å². The molecule has 0 aromatic heterocycles. The SMILES string of the molecule is C/C=C\C1=C(C)N(N)CCC1. The fourth-order valence-corrected chi connectivity index (χ4v) is 1.38. The summed E-state index contributed by atoms with van der Waals surface area (Å²) in [4.78, 5) is 0. The minimum Gasteiger partial charge on any atom is -0.315 e. The van der Waals surface area contributed by atoms with Gasteiger partial charge in [0.2, 0.25) is 0 Å². The van der Waals surface area contributed by atoms with Crippen LogP contribution in [0.1, 0.15) is 26.7 Å². The van der Waals surface area contributed by atoms with E-state index < -0.39 is 0 Å². The first-order valence-electron chi connectivity index (χ1n) is 4.10. The van der Waals surface area contributed by atoms with Crippen molar-refractivity contribution >= 4 is 0 Å². The van der Waals surface area contributed by atoms with Crippen molar-refractivity contribution in [1.82, 2.24) is 5.01 Å². The molecule has 0 bridgehead atoms. The number of hydrogen-bond donors (Lipinski definition) is 1. The molecule has 0 saturated heterocycles.